The van der Waals surface area contributed by atoms with Crippen LogP contribution in [-0.4, -0.2) is 46.0 Å². The van der Waals surface area contributed by atoms with Crippen molar-refractivity contribution >= 4 is 5.69 Å². The van der Waals surface area contributed by atoms with Crippen LogP contribution in [0.1, 0.15) is 13.3 Å². The van der Waals surface area contributed by atoms with Crippen molar-refractivity contribution in [2.24, 2.45) is 0 Å². The number of rotatable bonds is 7. The van der Waals surface area contributed by atoms with E-state index in [1.807, 2.05) is 13.0 Å². The van der Waals surface area contributed by atoms with E-state index in [2.05, 4.69) is 10.2 Å². The van der Waals surface area contributed by atoms with Gasteiger partial charge in [0, 0.05) is 51.9 Å². The van der Waals surface area contributed by atoms with Crippen LogP contribution in [0.5, 0.6) is 5.75 Å². The van der Waals surface area contributed by atoms with Gasteiger partial charge in [-0.05, 0) is 19.1 Å². The van der Waals surface area contributed by atoms with Crippen molar-refractivity contribution in [2.45, 2.75) is 13.3 Å². The maximum Gasteiger partial charge on any atom is 0.150 e. The van der Waals surface area contributed by atoms with Crippen LogP contribution >= 0.6 is 0 Å². The third-order valence-electron chi connectivity index (χ3n) is 3.28. The maximum absolute atomic E-state index is 14.1. The highest BCUT2D eigenvalue weighted by atomic mass is 19.1. The molecule has 0 bridgehead atoms. The van der Waals surface area contributed by atoms with Gasteiger partial charge in [0.1, 0.15) is 11.6 Å². The van der Waals surface area contributed by atoms with E-state index in [9.17, 15) is 4.39 Å². The average Bonchev–Trinajstić information content (AvgIpc) is 2.48. The predicted molar refractivity (Wildman–Crippen MR) is 78.1 cm³/mol. The van der Waals surface area contributed by atoms with Crippen molar-refractivity contribution in [1.29, 1.82) is 0 Å². The second-order valence-electron chi connectivity index (χ2n) is 4.75. The molecule has 0 atom stereocenters. The molecule has 2 rings (SSSR count). The summed E-state index contributed by atoms with van der Waals surface area (Å²) in [6.07, 6.45) is 0.814. The minimum atomic E-state index is -0.214. The number of hydrogen-bond acceptors (Lipinski definition) is 4. The first kappa shape index (κ1) is 15.1. The first-order chi connectivity index (χ1) is 9.81. The molecule has 1 fully saturated rings. The summed E-state index contributed by atoms with van der Waals surface area (Å²) in [7, 11) is 0. The summed E-state index contributed by atoms with van der Waals surface area (Å²) in [5, 5.41) is 3.26. The molecule has 1 aliphatic rings. The molecule has 4 nitrogen and oxygen atoms in total. The third kappa shape index (κ3) is 4.35. The van der Waals surface area contributed by atoms with Gasteiger partial charge in [-0.1, -0.05) is 0 Å². The lowest BCUT2D eigenvalue weighted by Gasteiger charge is -2.29. The molecule has 112 valence electrons. The lowest BCUT2D eigenvalue weighted by molar-refractivity contribution is 0.131. The normalized spacial score (nSPS) is 15.4. The van der Waals surface area contributed by atoms with Crippen molar-refractivity contribution in [1.82, 2.24) is 5.32 Å². The Labute approximate surface area is 119 Å². The molecule has 1 aliphatic heterocycles. The van der Waals surface area contributed by atoms with E-state index < -0.39 is 0 Å². The number of nitrogens with zero attached hydrogens (tertiary/aromatic N) is 1. The lowest BCUT2D eigenvalue weighted by Crippen LogP contribution is -2.43. The number of halogens is 1. The molecule has 1 aromatic rings. The van der Waals surface area contributed by atoms with Crippen molar-refractivity contribution < 1.29 is 13.9 Å². The van der Waals surface area contributed by atoms with Gasteiger partial charge in [-0.3, -0.25) is 0 Å². The van der Waals surface area contributed by atoms with E-state index in [0.29, 0.717) is 31.3 Å². The Bertz CT molecular complexity index is 409. The Morgan fingerprint density at radius 2 is 2.05 bits per heavy atom. The van der Waals surface area contributed by atoms with Crippen LogP contribution in [0.4, 0.5) is 10.1 Å². The number of anilines is 1. The van der Waals surface area contributed by atoms with Gasteiger partial charge in [0.05, 0.1) is 12.3 Å². The van der Waals surface area contributed by atoms with Crippen molar-refractivity contribution in [3.63, 3.8) is 0 Å². The molecule has 0 amide bonds. The number of ether oxygens (including phenoxy) is 2. The zero-order chi connectivity index (χ0) is 14.2. The Morgan fingerprint density at radius 3 is 2.75 bits per heavy atom. The van der Waals surface area contributed by atoms with E-state index >= 15 is 0 Å². The molecular formula is C15H23FN2O2. The molecule has 0 radical (unpaired) electrons. The Morgan fingerprint density at radius 1 is 1.25 bits per heavy atom. The van der Waals surface area contributed by atoms with Gasteiger partial charge in [0.15, 0.2) is 0 Å². The molecule has 0 spiro atoms. The SMILES string of the molecule is CCOCCCOc1ccc(N2CCNCC2)c(F)c1. The molecule has 0 saturated carbocycles. The highest BCUT2D eigenvalue weighted by Gasteiger charge is 2.14. The topological polar surface area (TPSA) is 33.7 Å². The van der Waals surface area contributed by atoms with Gasteiger partial charge in [-0.25, -0.2) is 4.39 Å². The Kier molecular flexibility index (Phi) is 6.08. The standard InChI is InChI=1S/C15H23FN2O2/c1-2-19-10-3-11-20-13-4-5-15(14(16)12-13)18-8-6-17-7-9-18/h4-5,12,17H,2-3,6-11H2,1H3. The van der Waals surface area contributed by atoms with Crippen LogP contribution in [0.25, 0.3) is 0 Å². The number of nitrogens with one attached hydrogen (secondary N) is 1. The molecule has 0 aromatic heterocycles. The van der Waals surface area contributed by atoms with Crippen LogP contribution in [0.2, 0.25) is 0 Å². The van der Waals surface area contributed by atoms with E-state index in [4.69, 9.17) is 9.47 Å². The first-order valence-electron chi connectivity index (χ1n) is 7.27. The number of benzene rings is 1. The van der Waals surface area contributed by atoms with Gasteiger partial charge < -0.3 is 19.7 Å². The molecule has 0 unspecified atom stereocenters. The predicted octanol–water partition coefficient (Wildman–Crippen LogP) is 2.04. The summed E-state index contributed by atoms with van der Waals surface area (Å²) in [4.78, 5) is 2.06. The van der Waals surface area contributed by atoms with Crippen LogP contribution in [-0.2, 0) is 4.74 Å². The fourth-order valence-corrected chi connectivity index (χ4v) is 2.23. The van der Waals surface area contributed by atoms with Crippen LogP contribution in [0, 0.1) is 5.82 Å². The fourth-order valence-electron chi connectivity index (χ4n) is 2.23. The summed E-state index contributed by atoms with van der Waals surface area (Å²) in [6.45, 7) is 7.38. The zero-order valence-electron chi connectivity index (χ0n) is 12.0. The number of piperazine rings is 1. The molecular weight excluding hydrogens is 259 g/mol. The fraction of sp³-hybridized carbons (Fsp3) is 0.600. The summed E-state index contributed by atoms with van der Waals surface area (Å²) < 4.78 is 24.8. The molecule has 0 aliphatic carbocycles. The Hall–Kier alpha value is -1.33. The molecule has 1 aromatic carbocycles. The summed E-state index contributed by atoms with van der Waals surface area (Å²) >= 11 is 0. The monoisotopic (exact) mass is 282 g/mol. The van der Waals surface area contributed by atoms with Crippen LogP contribution < -0.4 is 15.0 Å². The molecule has 1 heterocycles. The van der Waals surface area contributed by atoms with E-state index in [0.717, 1.165) is 32.6 Å². The minimum absolute atomic E-state index is 0.214. The maximum atomic E-state index is 14.1. The molecule has 20 heavy (non-hydrogen) atoms. The average molecular weight is 282 g/mol. The number of hydrogen-bond donors (Lipinski definition) is 1. The van der Waals surface area contributed by atoms with Crippen molar-refractivity contribution in [3.05, 3.63) is 24.0 Å². The van der Waals surface area contributed by atoms with Gasteiger partial charge >= 0.3 is 0 Å². The molecule has 1 N–H and O–H groups in total. The van der Waals surface area contributed by atoms with Gasteiger partial charge in [0.25, 0.3) is 0 Å². The highest BCUT2D eigenvalue weighted by Crippen LogP contribution is 2.24. The van der Waals surface area contributed by atoms with E-state index in [-0.39, 0.29) is 5.82 Å². The summed E-state index contributed by atoms with van der Waals surface area (Å²) in [5.74, 6) is 0.368. The second-order valence-corrected chi connectivity index (χ2v) is 4.75. The molecule has 5 heteroatoms. The zero-order valence-corrected chi connectivity index (χ0v) is 12.0. The van der Waals surface area contributed by atoms with E-state index in [1.54, 1.807) is 6.07 Å². The second kappa shape index (κ2) is 8.07. The van der Waals surface area contributed by atoms with Gasteiger partial charge in [-0.2, -0.15) is 0 Å². The van der Waals surface area contributed by atoms with Crippen molar-refractivity contribution in [2.75, 3.05) is 50.9 Å². The largest absolute Gasteiger partial charge is 0.493 e. The van der Waals surface area contributed by atoms with Crippen LogP contribution in [0.15, 0.2) is 18.2 Å². The quantitative estimate of drug-likeness (QED) is 0.776. The Balaban J connectivity index is 1.85. The van der Waals surface area contributed by atoms with E-state index in [1.165, 1.54) is 6.07 Å². The smallest absolute Gasteiger partial charge is 0.150 e. The highest BCUT2D eigenvalue weighted by molar-refractivity contribution is 5.51. The van der Waals surface area contributed by atoms with Gasteiger partial charge in [-0.15, -0.1) is 0 Å². The van der Waals surface area contributed by atoms with Crippen LogP contribution in [0.3, 0.4) is 0 Å². The summed E-state index contributed by atoms with van der Waals surface area (Å²) in [5.41, 5.74) is 0.660. The third-order valence-corrected chi connectivity index (χ3v) is 3.28. The lowest BCUT2D eigenvalue weighted by atomic mass is 10.2. The van der Waals surface area contributed by atoms with Crippen molar-refractivity contribution in [3.8, 4) is 5.75 Å². The minimum Gasteiger partial charge on any atom is -0.493 e. The molecule has 1 saturated heterocycles. The van der Waals surface area contributed by atoms with Gasteiger partial charge in [0.2, 0.25) is 0 Å². The first-order valence-corrected chi connectivity index (χ1v) is 7.27. The summed E-state index contributed by atoms with van der Waals surface area (Å²) in [6, 6.07) is 5.11.